The highest BCUT2D eigenvalue weighted by Gasteiger charge is 2.19. The lowest BCUT2D eigenvalue weighted by atomic mass is 10.1. The molecule has 0 spiro atoms. The molecule has 5 nitrogen and oxygen atoms in total. The Bertz CT molecular complexity index is 482. The van der Waals surface area contributed by atoms with Crippen molar-refractivity contribution < 1.29 is 19.2 Å². The third-order valence-electron chi connectivity index (χ3n) is 1.94. The Balaban J connectivity index is 3.29. The summed E-state index contributed by atoms with van der Waals surface area (Å²) in [5.41, 5.74) is -0.567. The lowest BCUT2D eigenvalue weighted by molar-refractivity contribution is -0.388. The normalized spacial score (nSPS) is 10.6. The third-order valence-corrected chi connectivity index (χ3v) is 1.94. The molecule has 0 amide bonds. The maximum absolute atomic E-state index is 13.5. The van der Waals surface area contributed by atoms with Crippen molar-refractivity contribution >= 4 is 17.7 Å². The molecule has 1 aromatic rings. The zero-order chi connectivity index (χ0) is 12.3. The van der Waals surface area contributed by atoms with Crippen LogP contribution in [0.15, 0.2) is 18.2 Å². The van der Waals surface area contributed by atoms with Crippen LogP contribution in [0.3, 0.4) is 0 Å². The van der Waals surface area contributed by atoms with Crippen molar-refractivity contribution in [3.8, 4) is 0 Å². The highest BCUT2D eigenvalue weighted by molar-refractivity contribution is 5.85. The van der Waals surface area contributed by atoms with E-state index < -0.39 is 22.4 Å². The van der Waals surface area contributed by atoms with Gasteiger partial charge in [0.25, 0.3) is 0 Å². The van der Waals surface area contributed by atoms with E-state index in [1.165, 1.54) is 19.1 Å². The minimum absolute atomic E-state index is 0.125. The van der Waals surface area contributed by atoms with Crippen molar-refractivity contribution in [2.45, 2.75) is 6.92 Å². The molecular weight excluding hydrogens is 217 g/mol. The fraction of sp³-hybridized carbons (Fsp3) is 0.100. The van der Waals surface area contributed by atoms with Crippen LogP contribution in [0.2, 0.25) is 0 Å². The first kappa shape index (κ1) is 11.8. The number of nitro benzene ring substituents is 1. The Morgan fingerprint density at radius 3 is 2.69 bits per heavy atom. The Morgan fingerprint density at radius 2 is 2.19 bits per heavy atom. The van der Waals surface area contributed by atoms with Crippen LogP contribution in [0.25, 0.3) is 6.08 Å². The number of nitro groups is 1. The molecule has 84 valence electrons. The second-order valence-corrected chi connectivity index (χ2v) is 3.06. The highest BCUT2D eigenvalue weighted by Crippen LogP contribution is 2.25. The number of benzene rings is 1. The zero-order valence-electron chi connectivity index (χ0n) is 8.31. The number of rotatable bonds is 3. The predicted octanol–water partition coefficient (Wildman–Crippen LogP) is 2.14. The van der Waals surface area contributed by atoms with Crippen molar-refractivity contribution in [1.82, 2.24) is 0 Å². The lowest BCUT2D eigenvalue weighted by Gasteiger charge is -2.01. The van der Waals surface area contributed by atoms with Crippen molar-refractivity contribution in [3.05, 3.63) is 45.3 Å². The molecular formula is C10H8FNO4. The van der Waals surface area contributed by atoms with Gasteiger partial charge >= 0.3 is 11.7 Å². The molecule has 0 unspecified atom stereocenters. The maximum Gasteiger partial charge on any atom is 0.328 e. The minimum atomic E-state index is -1.25. The molecule has 1 aromatic carbocycles. The van der Waals surface area contributed by atoms with Crippen molar-refractivity contribution in [2.24, 2.45) is 0 Å². The summed E-state index contributed by atoms with van der Waals surface area (Å²) in [6, 6.07) is 2.65. The molecule has 1 N–H and O–H groups in total. The van der Waals surface area contributed by atoms with E-state index in [4.69, 9.17) is 5.11 Å². The molecule has 0 aliphatic heterocycles. The first-order valence-corrected chi connectivity index (χ1v) is 4.28. The first-order chi connectivity index (χ1) is 7.43. The van der Waals surface area contributed by atoms with Gasteiger partial charge in [0.1, 0.15) is 0 Å². The van der Waals surface area contributed by atoms with Gasteiger partial charge in [0, 0.05) is 17.2 Å². The summed E-state index contributed by atoms with van der Waals surface area (Å²) in [5.74, 6) is -2.27. The summed E-state index contributed by atoms with van der Waals surface area (Å²) < 4.78 is 13.5. The van der Waals surface area contributed by atoms with Gasteiger partial charge in [0.2, 0.25) is 5.82 Å². The fourth-order valence-corrected chi connectivity index (χ4v) is 1.19. The van der Waals surface area contributed by atoms with Crippen LogP contribution in [-0.4, -0.2) is 16.0 Å². The molecule has 0 atom stereocenters. The Kier molecular flexibility index (Phi) is 3.34. The van der Waals surface area contributed by atoms with Gasteiger partial charge in [-0.25, -0.2) is 4.79 Å². The Morgan fingerprint density at radius 1 is 1.56 bits per heavy atom. The number of aryl methyl sites for hydroxylation is 1. The van der Waals surface area contributed by atoms with Gasteiger partial charge < -0.3 is 5.11 Å². The summed E-state index contributed by atoms with van der Waals surface area (Å²) in [7, 11) is 0. The number of halogens is 1. The van der Waals surface area contributed by atoms with E-state index in [0.29, 0.717) is 0 Å². The quantitative estimate of drug-likeness (QED) is 0.485. The maximum atomic E-state index is 13.5. The van der Waals surface area contributed by atoms with Gasteiger partial charge in [-0.1, -0.05) is 12.1 Å². The van der Waals surface area contributed by atoms with Gasteiger partial charge in [0.05, 0.1) is 4.92 Å². The van der Waals surface area contributed by atoms with Gasteiger partial charge in [-0.3, -0.25) is 10.1 Å². The molecule has 1 rings (SSSR count). The number of hydrogen-bond acceptors (Lipinski definition) is 3. The van der Waals surface area contributed by atoms with Crippen molar-refractivity contribution in [2.75, 3.05) is 0 Å². The molecule has 0 bridgehead atoms. The summed E-state index contributed by atoms with van der Waals surface area (Å²) in [5, 5.41) is 18.9. The van der Waals surface area contributed by atoms with Crippen LogP contribution < -0.4 is 0 Å². The van der Waals surface area contributed by atoms with Gasteiger partial charge in [0.15, 0.2) is 0 Å². The van der Waals surface area contributed by atoms with Crippen LogP contribution in [0, 0.1) is 22.9 Å². The van der Waals surface area contributed by atoms with E-state index >= 15 is 0 Å². The average Bonchev–Trinajstić information content (AvgIpc) is 2.15. The number of carboxylic acids is 1. The number of aliphatic carboxylic acids is 1. The predicted molar refractivity (Wildman–Crippen MR) is 54.5 cm³/mol. The second-order valence-electron chi connectivity index (χ2n) is 3.06. The number of hydrogen-bond donors (Lipinski definition) is 1. The third kappa shape index (κ3) is 2.41. The minimum Gasteiger partial charge on any atom is -0.478 e. The largest absolute Gasteiger partial charge is 0.478 e. The van der Waals surface area contributed by atoms with Crippen molar-refractivity contribution in [3.63, 3.8) is 0 Å². The SMILES string of the molecule is Cc1ccc(/C=C/C(=O)O)c(F)c1[N+](=O)[O-]. The topological polar surface area (TPSA) is 80.4 Å². The molecule has 0 heterocycles. The molecule has 0 saturated heterocycles. The first-order valence-electron chi connectivity index (χ1n) is 4.28. The number of carbonyl (C=O) groups is 1. The molecule has 6 heteroatoms. The van der Waals surface area contributed by atoms with Gasteiger partial charge in [-0.2, -0.15) is 4.39 Å². The summed E-state index contributed by atoms with van der Waals surface area (Å²) >= 11 is 0. The summed E-state index contributed by atoms with van der Waals surface area (Å²) in [6.07, 6.45) is 1.70. The second kappa shape index (κ2) is 4.52. The molecule has 0 aliphatic rings. The van der Waals surface area contributed by atoms with Crippen LogP contribution in [-0.2, 0) is 4.79 Å². The van der Waals surface area contributed by atoms with E-state index in [1.807, 2.05) is 0 Å². The van der Waals surface area contributed by atoms with Crippen LogP contribution in [0.5, 0.6) is 0 Å². The molecule has 0 aliphatic carbocycles. The molecule has 16 heavy (non-hydrogen) atoms. The highest BCUT2D eigenvalue weighted by atomic mass is 19.1. The van der Waals surface area contributed by atoms with Crippen LogP contribution >= 0.6 is 0 Å². The average molecular weight is 225 g/mol. The monoisotopic (exact) mass is 225 g/mol. The van der Waals surface area contributed by atoms with Gasteiger partial charge in [-0.05, 0) is 13.0 Å². The smallest absolute Gasteiger partial charge is 0.328 e. The van der Waals surface area contributed by atoms with E-state index in [0.717, 1.165) is 12.2 Å². The molecule has 0 fully saturated rings. The lowest BCUT2D eigenvalue weighted by Crippen LogP contribution is -1.98. The van der Waals surface area contributed by atoms with E-state index in [9.17, 15) is 19.3 Å². The number of carboxylic acid groups (broad SMARTS) is 1. The van der Waals surface area contributed by atoms with E-state index in [-0.39, 0.29) is 11.1 Å². The Labute approximate surface area is 90.0 Å². The molecule has 0 aromatic heterocycles. The van der Waals surface area contributed by atoms with E-state index in [2.05, 4.69) is 0 Å². The van der Waals surface area contributed by atoms with Gasteiger partial charge in [-0.15, -0.1) is 0 Å². The standard InChI is InChI=1S/C10H8FNO4/c1-6-2-3-7(4-5-8(13)14)9(11)10(6)12(15)16/h2-5H,1H3,(H,13,14)/b5-4+. The summed E-state index contributed by atoms with van der Waals surface area (Å²) in [4.78, 5) is 20.0. The molecule has 0 saturated carbocycles. The van der Waals surface area contributed by atoms with Crippen LogP contribution in [0.1, 0.15) is 11.1 Å². The van der Waals surface area contributed by atoms with Crippen molar-refractivity contribution in [1.29, 1.82) is 0 Å². The van der Waals surface area contributed by atoms with Crippen LogP contribution in [0.4, 0.5) is 10.1 Å². The fourth-order valence-electron chi connectivity index (χ4n) is 1.19. The number of nitrogens with zero attached hydrogens (tertiary/aromatic N) is 1. The molecule has 0 radical (unpaired) electrons. The Hall–Kier alpha value is -2.24. The zero-order valence-corrected chi connectivity index (χ0v) is 8.31. The summed E-state index contributed by atoms with van der Waals surface area (Å²) in [6.45, 7) is 1.41. The van der Waals surface area contributed by atoms with E-state index in [1.54, 1.807) is 0 Å².